The van der Waals surface area contributed by atoms with Crippen molar-refractivity contribution in [2.45, 2.75) is 18.9 Å². The first-order chi connectivity index (χ1) is 9.99. The largest absolute Gasteiger partial charge is 0.480 e. The van der Waals surface area contributed by atoms with Crippen LogP contribution < -0.4 is 5.32 Å². The molecule has 0 spiro atoms. The molecule has 0 radical (unpaired) electrons. The van der Waals surface area contributed by atoms with E-state index >= 15 is 0 Å². The zero-order valence-electron chi connectivity index (χ0n) is 11.1. The van der Waals surface area contributed by atoms with E-state index in [-0.39, 0.29) is 5.92 Å². The highest BCUT2D eigenvalue weighted by molar-refractivity contribution is 9.10. The van der Waals surface area contributed by atoms with Crippen LogP contribution >= 0.6 is 27.5 Å². The zero-order chi connectivity index (χ0) is 15.4. The van der Waals surface area contributed by atoms with Crippen LogP contribution in [0, 0.1) is 5.92 Å². The van der Waals surface area contributed by atoms with E-state index in [1.807, 2.05) is 0 Å². The van der Waals surface area contributed by atoms with Gasteiger partial charge in [0.15, 0.2) is 0 Å². The van der Waals surface area contributed by atoms with Crippen molar-refractivity contribution >= 4 is 39.4 Å². The summed E-state index contributed by atoms with van der Waals surface area (Å²) in [5, 5.41) is 12.3. The lowest BCUT2D eigenvalue weighted by Gasteiger charge is -2.28. The number of hydrogen-bond acceptors (Lipinski definition) is 3. The van der Waals surface area contributed by atoms with Gasteiger partial charge in [0.2, 0.25) is 0 Å². The molecule has 1 aliphatic heterocycles. The predicted molar refractivity (Wildman–Crippen MR) is 81.6 cm³/mol. The van der Waals surface area contributed by atoms with Crippen LogP contribution in [0.5, 0.6) is 0 Å². The van der Waals surface area contributed by atoms with Crippen LogP contribution in [0.1, 0.15) is 23.2 Å². The molecule has 1 fully saturated rings. The normalized spacial score (nSPS) is 19.8. The number of ether oxygens (including phenoxy) is 1. The predicted octanol–water partition coefficient (Wildman–Crippen LogP) is 2.71. The molecule has 0 bridgehead atoms. The molecular formula is C14H15BrClNO4. The highest BCUT2D eigenvalue weighted by Gasteiger charge is 2.31. The maximum Gasteiger partial charge on any atom is 0.326 e. The highest BCUT2D eigenvalue weighted by Crippen LogP contribution is 2.23. The molecule has 21 heavy (non-hydrogen) atoms. The Bertz CT molecular complexity index is 546. The Kier molecular flexibility index (Phi) is 5.61. The van der Waals surface area contributed by atoms with Gasteiger partial charge in [0.1, 0.15) is 6.04 Å². The summed E-state index contributed by atoms with van der Waals surface area (Å²) in [6, 6.07) is 3.82. The van der Waals surface area contributed by atoms with E-state index in [2.05, 4.69) is 21.2 Å². The summed E-state index contributed by atoms with van der Waals surface area (Å²) in [7, 11) is 0. The second-order valence-corrected chi connectivity index (χ2v) is 6.18. The topological polar surface area (TPSA) is 75.6 Å². The average Bonchev–Trinajstić information content (AvgIpc) is 2.47. The number of rotatable bonds is 4. The van der Waals surface area contributed by atoms with E-state index < -0.39 is 17.9 Å². The lowest BCUT2D eigenvalue weighted by Crippen LogP contribution is -2.48. The zero-order valence-corrected chi connectivity index (χ0v) is 13.5. The number of aliphatic carboxylic acids is 1. The van der Waals surface area contributed by atoms with E-state index in [0.29, 0.717) is 34.7 Å². The van der Waals surface area contributed by atoms with Gasteiger partial charge >= 0.3 is 5.97 Å². The molecule has 0 saturated carbocycles. The smallest absolute Gasteiger partial charge is 0.326 e. The standard InChI is InChI=1S/C14H15BrClNO4/c15-11-4-3-9(16)6-10(11)13(18)17-12(14(19)20)8-2-1-5-21-7-8/h3-4,6,8,12H,1-2,5,7H2,(H,17,18)(H,19,20). The second kappa shape index (κ2) is 7.24. The monoisotopic (exact) mass is 375 g/mol. The van der Waals surface area contributed by atoms with Gasteiger partial charge in [-0.1, -0.05) is 11.6 Å². The Morgan fingerprint density at radius 3 is 2.86 bits per heavy atom. The molecule has 2 N–H and O–H groups in total. The summed E-state index contributed by atoms with van der Waals surface area (Å²) >= 11 is 9.13. The summed E-state index contributed by atoms with van der Waals surface area (Å²) in [4.78, 5) is 23.7. The molecule has 2 rings (SSSR count). The Morgan fingerprint density at radius 1 is 1.48 bits per heavy atom. The molecule has 1 heterocycles. The van der Waals surface area contributed by atoms with Gasteiger partial charge in [-0.05, 0) is 47.0 Å². The fourth-order valence-corrected chi connectivity index (χ4v) is 2.90. The maximum absolute atomic E-state index is 12.3. The molecule has 114 valence electrons. The molecule has 1 amide bonds. The van der Waals surface area contributed by atoms with Crippen molar-refractivity contribution in [2.24, 2.45) is 5.92 Å². The van der Waals surface area contributed by atoms with Crippen LogP contribution in [0.2, 0.25) is 5.02 Å². The minimum absolute atomic E-state index is 0.224. The Morgan fingerprint density at radius 2 is 2.24 bits per heavy atom. The SMILES string of the molecule is O=C(NC(C(=O)O)C1CCCOC1)c1cc(Cl)ccc1Br. The molecule has 1 aliphatic rings. The van der Waals surface area contributed by atoms with Crippen molar-refractivity contribution in [1.29, 1.82) is 0 Å². The Balaban J connectivity index is 2.14. The van der Waals surface area contributed by atoms with Gasteiger partial charge in [0, 0.05) is 22.0 Å². The average molecular weight is 377 g/mol. The summed E-state index contributed by atoms with van der Waals surface area (Å²) in [5.74, 6) is -1.75. The number of hydrogen-bond donors (Lipinski definition) is 2. The van der Waals surface area contributed by atoms with Gasteiger partial charge in [-0.2, -0.15) is 0 Å². The van der Waals surface area contributed by atoms with Gasteiger partial charge in [0.25, 0.3) is 5.91 Å². The van der Waals surface area contributed by atoms with Gasteiger partial charge in [-0.15, -0.1) is 0 Å². The second-order valence-electron chi connectivity index (χ2n) is 4.89. The van der Waals surface area contributed by atoms with E-state index in [9.17, 15) is 14.7 Å². The summed E-state index contributed by atoms with van der Waals surface area (Å²) < 4.78 is 5.86. The number of carbonyl (C=O) groups is 2. The third-order valence-corrected chi connectivity index (χ3v) is 4.32. The molecule has 2 atom stereocenters. The van der Waals surface area contributed by atoms with Gasteiger partial charge in [0.05, 0.1) is 12.2 Å². The quantitative estimate of drug-likeness (QED) is 0.847. The third kappa shape index (κ3) is 4.18. The van der Waals surface area contributed by atoms with Crippen molar-refractivity contribution in [3.63, 3.8) is 0 Å². The van der Waals surface area contributed by atoms with Crippen molar-refractivity contribution < 1.29 is 19.4 Å². The number of nitrogens with one attached hydrogen (secondary N) is 1. The van der Waals surface area contributed by atoms with E-state index in [1.54, 1.807) is 12.1 Å². The first-order valence-corrected chi connectivity index (χ1v) is 7.72. The van der Waals surface area contributed by atoms with E-state index in [0.717, 1.165) is 6.42 Å². The fraction of sp³-hybridized carbons (Fsp3) is 0.429. The van der Waals surface area contributed by atoms with Gasteiger partial charge in [-0.3, -0.25) is 4.79 Å². The number of halogens is 2. The highest BCUT2D eigenvalue weighted by atomic mass is 79.9. The van der Waals surface area contributed by atoms with Crippen LogP contribution in [-0.2, 0) is 9.53 Å². The maximum atomic E-state index is 12.3. The molecule has 0 aromatic heterocycles. The fourth-order valence-electron chi connectivity index (χ4n) is 2.30. The van der Waals surface area contributed by atoms with Crippen molar-refractivity contribution in [3.05, 3.63) is 33.3 Å². The molecule has 5 nitrogen and oxygen atoms in total. The third-order valence-electron chi connectivity index (χ3n) is 3.39. The number of carboxylic acid groups (broad SMARTS) is 1. The number of amides is 1. The molecule has 2 unspecified atom stereocenters. The van der Waals surface area contributed by atoms with Gasteiger partial charge in [-0.25, -0.2) is 4.79 Å². The van der Waals surface area contributed by atoms with Crippen molar-refractivity contribution in [3.8, 4) is 0 Å². The van der Waals surface area contributed by atoms with E-state index in [4.69, 9.17) is 16.3 Å². The molecule has 1 aromatic carbocycles. The van der Waals surface area contributed by atoms with Crippen LogP contribution in [0.4, 0.5) is 0 Å². The summed E-state index contributed by atoms with van der Waals surface area (Å²) in [6.07, 6.45) is 1.51. The van der Waals surface area contributed by atoms with Crippen LogP contribution in [0.3, 0.4) is 0 Å². The first kappa shape index (κ1) is 16.3. The molecule has 1 aromatic rings. The minimum atomic E-state index is -1.06. The summed E-state index contributed by atoms with van der Waals surface area (Å²) in [5.41, 5.74) is 0.311. The van der Waals surface area contributed by atoms with Crippen LogP contribution in [0.25, 0.3) is 0 Å². The van der Waals surface area contributed by atoms with Crippen molar-refractivity contribution in [2.75, 3.05) is 13.2 Å². The first-order valence-electron chi connectivity index (χ1n) is 6.55. The van der Waals surface area contributed by atoms with Crippen LogP contribution in [-0.4, -0.2) is 36.2 Å². The summed E-state index contributed by atoms with van der Waals surface area (Å²) in [6.45, 7) is 0.977. The lowest BCUT2D eigenvalue weighted by molar-refractivity contribution is -0.142. The Hall–Kier alpha value is -1.11. The van der Waals surface area contributed by atoms with Crippen molar-refractivity contribution in [1.82, 2.24) is 5.32 Å². The van der Waals surface area contributed by atoms with E-state index in [1.165, 1.54) is 6.07 Å². The van der Waals surface area contributed by atoms with Gasteiger partial charge < -0.3 is 15.2 Å². The Labute approximate surface area is 135 Å². The molecule has 7 heteroatoms. The number of benzene rings is 1. The van der Waals surface area contributed by atoms with Crippen LogP contribution in [0.15, 0.2) is 22.7 Å². The lowest BCUT2D eigenvalue weighted by atomic mass is 9.93. The molecule has 0 aliphatic carbocycles. The number of carbonyl (C=O) groups excluding carboxylic acids is 1. The molecule has 1 saturated heterocycles. The number of carboxylic acids is 1. The molecular weight excluding hydrogens is 362 g/mol. The minimum Gasteiger partial charge on any atom is -0.480 e.